The maximum absolute atomic E-state index is 11.1. The second-order valence-electron chi connectivity index (χ2n) is 5.33. The molecule has 1 N–H and O–H groups in total. The molecular formula is C13H21NOS. The molecule has 16 heavy (non-hydrogen) atoms. The van der Waals surface area contributed by atoms with Gasteiger partial charge in [-0.25, -0.2) is 0 Å². The Morgan fingerprint density at radius 3 is 2.56 bits per heavy atom. The quantitative estimate of drug-likeness (QED) is 0.875. The third kappa shape index (κ3) is 5.31. The Morgan fingerprint density at radius 2 is 2.00 bits per heavy atom. The lowest BCUT2D eigenvalue weighted by atomic mass is 9.97. The Morgan fingerprint density at radius 1 is 1.31 bits per heavy atom. The molecule has 0 aromatic heterocycles. The van der Waals surface area contributed by atoms with Crippen molar-refractivity contribution in [1.82, 2.24) is 0 Å². The van der Waals surface area contributed by atoms with Crippen LogP contribution in [0.5, 0.6) is 0 Å². The molecule has 90 valence electrons. The predicted octanol–water partition coefficient (Wildman–Crippen LogP) is 3.02. The maximum atomic E-state index is 11.1. The molecule has 0 saturated heterocycles. The van der Waals surface area contributed by atoms with Crippen molar-refractivity contribution in [2.45, 2.75) is 26.5 Å². The molecule has 0 heterocycles. The second-order valence-corrected chi connectivity index (χ2v) is 6.77. The molecule has 0 aliphatic carbocycles. The average Bonchev–Trinajstić information content (AvgIpc) is 2.13. The summed E-state index contributed by atoms with van der Waals surface area (Å²) in [6, 6.07) is 8.15. The van der Waals surface area contributed by atoms with E-state index in [0.29, 0.717) is 5.75 Å². The molecule has 0 amide bonds. The number of hydrogen-bond acceptors (Lipinski definition) is 2. The minimum Gasteiger partial charge on any atom is -0.385 e. The van der Waals surface area contributed by atoms with E-state index in [0.717, 1.165) is 17.8 Å². The van der Waals surface area contributed by atoms with Gasteiger partial charge in [0.15, 0.2) is 0 Å². The molecule has 0 aliphatic rings. The fraction of sp³-hybridized carbons (Fsp3) is 0.538. The van der Waals surface area contributed by atoms with Crippen LogP contribution in [0.2, 0.25) is 0 Å². The predicted molar refractivity (Wildman–Crippen MR) is 72.2 cm³/mol. The van der Waals surface area contributed by atoms with Gasteiger partial charge in [-0.15, -0.1) is 0 Å². The smallest absolute Gasteiger partial charge is 0.0483 e. The van der Waals surface area contributed by atoms with E-state index < -0.39 is 10.8 Å². The van der Waals surface area contributed by atoms with Gasteiger partial charge < -0.3 is 5.32 Å². The number of hydrogen-bond donors (Lipinski definition) is 1. The fourth-order valence-electron chi connectivity index (χ4n) is 1.37. The van der Waals surface area contributed by atoms with Crippen molar-refractivity contribution < 1.29 is 4.21 Å². The summed E-state index contributed by atoms with van der Waals surface area (Å²) in [6.45, 7) is 7.53. The van der Waals surface area contributed by atoms with Crippen LogP contribution >= 0.6 is 0 Å². The van der Waals surface area contributed by atoms with Crippen LogP contribution in [-0.2, 0) is 16.6 Å². The number of nitrogens with one attached hydrogen (secondary N) is 1. The summed E-state index contributed by atoms with van der Waals surface area (Å²) in [5, 5.41) is 3.40. The Labute approximate surface area is 101 Å². The van der Waals surface area contributed by atoms with Crippen molar-refractivity contribution in [2.75, 3.05) is 18.1 Å². The van der Waals surface area contributed by atoms with E-state index in [1.54, 1.807) is 6.26 Å². The fourth-order valence-corrected chi connectivity index (χ4v) is 2.02. The lowest BCUT2D eigenvalue weighted by Gasteiger charge is -2.19. The molecule has 0 radical (unpaired) electrons. The van der Waals surface area contributed by atoms with Gasteiger partial charge in [-0.3, -0.25) is 4.21 Å². The van der Waals surface area contributed by atoms with Crippen LogP contribution in [0.15, 0.2) is 24.3 Å². The van der Waals surface area contributed by atoms with E-state index in [9.17, 15) is 4.21 Å². The molecule has 0 spiro atoms. The normalized spacial score (nSPS) is 13.5. The highest BCUT2D eigenvalue weighted by Crippen LogP contribution is 2.17. The molecule has 1 unspecified atom stereocenters. The third-order valence-electron chi connectivity index (χ3n) is 2.12. The van der Waals surface area contributed by atoms with Crippen LogP contribution < -0.4 is 5.32 Å². The van der Waals surface area contributed by atoms with Gasteiger partial charge in [0.2, 0.25) is 0 Å². The molecule has 1 atom stereocenters. The first-order valence-electron chi connectivity index (χ1n) is 5.50. The molecule has 0 aliphatic heterocycles. The van der Waals surface area contributed by atoms with Gasteiger partial charge in [0, 0.05) is 35.0 Å². The summed E-state index contributed by atoms with van der Waals surface area (Å²) in [6.07, 6.45) is 1.73. The van der Waals surface area contributed by atoms with Gasteiger partial charge in [0.1, 0.15) is 0 Å². The molecule has 0 saturated carbocycles. The molecule has 1 rings (SSSR count). The van der Waals surface area contributed by atoms with Crippen molar-refractivity contribution in [3.8, 4) is 0 Å². The van der Waals surface area contributed by atoms with Crippen LogP contribution in [0.1, 0.15) is 26.3 Å². The molecule has 1 aromatic carbocycles. The zero-order chi connectivity index (χ0) is 12.2. The SMILES string of the molecule is CS(=O)Cc1cccc(NCC(C)(C)C)c1. The molecule has 0 fully saturated rings. The number of benzene rings is 1. The molecule has 0 bridgehead atoms. The highest BCUT2D eigenvalue weighted by atomic mass is 32.2. The van der Waals surface area contributed by atoms with Crippen LogP contribution in [0.3, 0.4) is 0 Å². The van der Waals surface area contributed by atoms with Crippen molar-refractivity contribution in [1.29, 1.82) is 0 Å². The first kappa shape index (κ1) is 13.2. The topological polar surface area (TPSA) is 29.1 Å². The third-order valence-corrected chi connectivity index (χ3v) is 2.86. The highest BCUT2D eigenvalue weighted by Gasteiger charge is 2.09. The summed E-state index contributed by atoms with van der Waals surface area (Å²) < 4.78 is 11.1. The Kier molecular flexibility index (Phi) is 4.54. The van der Waals surface area contributed by atoms with Gasteiger partial charge in [0.25, 0.3) is 0 Å². The molecular weight excluding hydrogens is 218 g/mol. The van der Waals surface area contributed by atoms with Crippen LogP contribution in [0, 0.1) is 5.41 Å². The highest BCUT2D eigenvalue weighted by molar-refractivity contribution is 7.83. The van der Waals surface area contributed by atoms with Gasteiger partial charge in [-0.05, 0) is 23.1 Å². The van der Waals surface area contributed by atoms with Crippen molar-refractivity contribution in [2.24, 2.45) is 5.41 Å². The molecule has 1 aromatic rings. The van der Waals surface area contributed by atoms with Crippen molar-refractivity contribution in [3.05, 3.63) is 29.8 Å². The van der Waals surface area contributed by atoms with Gasteiger partial charge >= 0.3 is 0 Å². The van der Waals surface area contributed by atoms with E-state index in [2.05, 4.69) is 32.2 Å². The minimum absolute atomic E-state index is 0.267. The van der Waals surface area contributed by atoms with Crippen LogP contribution in [0.25, 0.3) is 0 Å². The number of rotatable bonds is 4. The average molecular weight is 239 g/mol. The summed E-state index contributed by atoms with van der Waals surface area (Å²) in [7, 11) is -0.774. The lowest BCUT2D eigenvalue weighted by molar-refractivity contribution is 0.443. The van der Waals surface area contributed by atoms with Crippen LogP contribution in [-0.4, -0.2) is 17.0 Å². The van der Waals surface area contributed by atoms with E-state index in [4.69, 9.17) is 0 Å². The Balaban J connectivity index is 2.64. The largest absolute Gasteiger partial charge is 0.385 e. The Bertz CT molecular complexity index is 368. The van der Waals surface area contributed by atoms with Gasteiger partial charge in [0.05, 0.1) is 0 Å². The van der Waals surface area contributed by atoms with E-state index in [-0.39, 0.29) is 5.41 Å². The summed E-state index contributed by atoms with van der Waals surface area (Å²) in [5.41, 5.74) is 2.50. The zero-order valence-corrected chi connectivity index (χ0v) is 11.4. The Hall–Kier alpha value is -0.830. The van der Waals surface area contributed by atoms with Crippen molar-refractivity contribution >= 4 is 16.5 Å². The first-order chi connectivity index (χ1) is 7.37. The number of anilines is 1. The molecule has 2 nitrogen and oxygen atoms in total. The van der Waals surface area contributed by atoms with E-state index >= 15 is 0 Å². The summed E-state index contributed by atoms with van der Waals surface area (Å²) in [4.78, 5) is 0. The molecule has 3 heteroatoms. The zero-order valence-electron chi connectivity index (χ0n) is 10.5. The van der Waals surface area contributed by atoms with Crippen molar-refractivity contribution in [3.63, 3.8) is 0 Å². The maximum Gasteiger partial charge on any atom is 0.0483 e. The summed E-state index contributed by atoms with van der Waals surface area (Å²) in [5.74, 6) is 0.630. The standard InChI is InChI=1S/C13H21NOS/c1-13(2,3)10-14-12-7-5-6-11(8-12)9-16(4)15/h5-8,14H,9-10H2,1-4H3. The minimum atomic E-state index is -0.774. The van der Waals surface area contributed by atoms with E-state index in [1.165, 1.54) is 0 Å². The van der Waals surface area contributed by atoms with E-state index in [1.807, 2.05) is 18.2 Å². The van der Waals surface area contributed by atoms with Gasteiger partial charge in [-0.2, -0.15) is 0 Å². The van der Waals surface area contributed by atoms with Gasteiger partial charge in [-0.1, -0.05) is 32.9 Å². The monoisotopic (exact) mass is 239 g/mol. The summed E-state index contributed by atoms with van der Waals surface area (Å²) >= 11 is 0. The lowest BCUT2D eigenvalue weighted by Crippen LogP contribution is -2.19. The second kappa shape index (κ2) is 5.48. The first-order valence-corrected chi connectivity index (χ1v) is 7.22. The van der Waals surface area contributed by atoms with Crippen LogP contribution in [0.4, 0.5) is 5.69 Å².